The lowest BCUT2D eigenvalue weighted by Crippen LogP contribution is -2.38. The third kappa shape index (κ3) is 6.54. The molecule has 0 spiro atoms. The number of sulfonamides is 1. The molecular formula is C34H29F5N4O5S. The van der Waals surface area contributed by atoms with Crippen molar-refractivity contribution in [3.8, 4) is 22.5 Å². The zero-order chi connectivity index (χ0) is 35.2. The average molecular weight is 701 g/mol. The highest BCUT2D eigenvalue weighted by Crippen LogP contribution is 2.42. The lowest BCUT2D eigenvalue weighted by atomic mass is 9.95. The molecule has 0 saturated carbocycles. The number of carbonyl (C=O) groups is 2. The number of nitrogens with zero attached hydrogens (tertiary/aromatic N) is 4. The van der Waals surface area contributed by atoms with E-state index in [0.717, 1.165) is 16.8 Å². The summed E-state index contributed by atoms with van der Waals surface area (Å²) in [5, 5.41) is 0.318. The number of Topliss-reactive ketones (excluding diaryl/α,β-unsaturated/α-hetero) is 1. The monoisotopic (exact) mass is 700 g/mol. The Kier molecular flexibility index (Phi) is 8.81. The standard InChI is InChI=1S/C34H29F5N4O5S/c1-3-27(44)31-25-16-24(26(43(12-11-35)49(2,46)47)17-28(25)48-32(31)20-7-9-23(36)10-8-20)21-5-4-6-22(15-21)33(45)42-14-13-41-18-29(34(37,38)39)40-30(41)19-42/h4-10,15-18H,3,11-14,19H2,1-2H3. The highest BCUT2D eigenvalue weighted by atomic mass is 32.2. The molecule has 1 amide bonds. The number of fused-ring (bicyclic) bond motifs is 2. The molecule has 0 radical (unpaired) electrons. The summed E-state index contributed by atoms with van der Waals surface area (Å²) >= 11 is 0. The molecule has 0 saturated heterocycles. The Morgan fingerprint density at radius 3 is 2.41 bits per heavy atom. The van der Waals surface area contributed by atoms with Crippen molar-refractivity contribution in [3.05, 3.63) is 95.3 Å². The number of furan rings is 1. The first-order valence-corrected chi connectivity index (χ1v) is 17.0. The minimum absolute atomic E-state index is 0.0202. The van der Waals surface area contributed by atoms with Crippen LogP contribution in [0.2, 0.25) is 0 Å². The predicted molar refractivity (Wildman–Crippen MR) is 172 cm³/mol. The van der Waals surface area contributed by atoms with Gasteiger partial charge in [-0.25, -0.2) is 22.2 Å². The molecule has 1 aliphatic rings. The van der Waals surface area contributed by atoms with E-state index in [1.54, 1.807) is 25.1 Å². The maximum absolute atomic E-state index is 13.8. The van der Waals surface area contributed by atoms with Crippen molar-refractivity contribution >= 4 is 38.4 Å². The van der Waals surface area contributed by atoms with Gasteiger partial charge >= 0.3 is 6.18 Å². The normalized spacial score (nSPS) is 13.5. The number of halogens is 5. The molecule has 0 unspecified atom stereocenters. The number of carbonyl (C=O) groups excluding carboxylic acids is 2. The predicted octanol–water partition coefficient (Wildman–Crippen LogP) is 7.11. The third-order valence-corrected chi connectivity index (χ3v) is 9.45. The topological polar surface area (TPSA) is 106 Å². The number of ketones is 1. The molecule has 2 aromatic heterocycles. The number of rotatable bonds is 9. The molecule has 9 nitrogen and oxygen atoms in total. The van der Waals surface area contributed by atoms with Crippen LogP contribution < -0.4 is 4.31 Å². The number of imidazole rings is 1. The fourth-order valence-electron chi connectivity index (χ4n) is 5.93. The fourth-order valence-corrected chi connectivity index (χ4v) is 6.84. The summed E-state index contributed by atoms with van der Waals surface area (Å²) in [5.41, 5.74) is 0.409. The van der Waals surface area contributed by atoms with Gasteiger partial charge in [0.05, 0.1) is 30.6 Å². The van der Waals surface area contributed by atoms with Crippen molar-refractivity contribution in [1.82, 2.24) is 14.5 Å². The zero-order valence-corrected chi connectivity index (χ0v) is 27.0. The minimum Gasteiger partial charge on any atom is -0.455 e. The van der Waals surface area contributed by atoms with Gasteiger partial charge in [0, 0.05) is 53.9 Å². The second-order valence-electron chi connectivity index (χ2n) is 11.5. The van der Waals surface area contributed by atoms with Crippen molar-refractivity contribution in [2.45, 2.75) is 32.6 Å². The largest absolute Gasteiger partial charge is 0.455 e. The third-order valence-electron chi connectivity index (χ3n) is 8.27. The van der Waals surface area contributed by atoms with Crippen molar-refractivity contribution in [1.29, 1.82) is 0 Å². The van der Waals surface area contributed by atoms with E-state index < -0.39 is 46.8 Å². The van der Waals surface area contributed by atoms with E-state index in [1.165, 1.54) is 51.9 Å². The molecular weight excluding hydrogens is 671 g/mol. The van der Waals surface area contributed by atoms with E-state index in [2.05, 4.69) is 4.98 Å². The van der Waals surface area contributed by atoms with Gasteiger partial charge in [-0.05, 0) is 48.0 Å². The van der Waals surface area contributed by atoms with Crippen LogP contribution >= 0.6 is 0 Å². The van der Waals surface area contributed by atoms with Crippen LogP contribution in [0.1, 0.15) is 45.6 Å². The Hall–Kier alpha value is -5.05. The van der Waals surface area contributed by atoms with Crippen LogP contribution in [0.15, 0.2) is 71.3 Å². The van der Waals surface area contributed by atoms with E-state index in [0.29, 0.717) is 16.5 Å². The van der Waals surface area contributed by atoms with E-state index in [-0.39, 0.29) is 71.4 Å². The van der Waals surface area contributed by atoms with Gasteiger partial charge in [0.2, 0.25) is 10.0 Å². The van der Waals surface area contributed by atoms with Crippen molar-refractivity contribution in [2.75, 3.05) is 30.3 Å². The second kappa shape index (κ2) is 12.8. The summed E-state index contributed by atoms with van der Waals surface area (Å²) in [6.45, 7) is 0.137. The molecule has 6 rings (SSSR count). The van der Waals surface area contributed by atoms with Crippen molar-refractivity contribution < 1.29 is 44.4 Å². The van der Waals surface area contributed by atoms with Gasteiger partial charge in [-0.1, -0.05) is 19.1 Å². The number of hydrogen-bond acceptors (Lipinski definition) is 6. The van der Waals surface area contributed by atoms with Crippen LogP contribution in [0.4, 0.5) is 27.6 Å². The first-order valence-electron chi connectivity index (χ1n) is 15.2. The molecule has 0 atom stereocenters. The average Bonchev–Trinajstić information content (AvgIpc) is 3.67. The summed E-state index contributed by atoms with van der Waals surface area (Å²) in [6, 6.07) is 14.4. The van der Waals surface area contributed by atoms with Crippen molar-refractivity contribution in [2.24, 2.45) is 0 Å². The molecule has 3 aromatic carbocycles. The number of amides is 1. The van der Waals surface area contributed by atoms with E-state index >= 15 is 0 Å². The molecule has 3 heterocycles. The minimum atomic E-state index is -4.63. The number of alkyl halides is 4. The molecule has 49 heavy (non-hydrogen) atoms. The van der Waals surface area contributed by atoms with Gasteiger partial charge in [0.1, 0.15) is 29.7 Å². The highest BCUT2D eigenvalue weighted by Gasteiger charge is 2.36. The maximum atomic E-state index is 13.8. The van der Waals surface area contributed by atoms with E-state index in [9.17, 15) is 40.0 Å². The molecule has 0 fully saturated rings. The van der Waals surface area contributed by atoms with Gasteiger partial charge in [-0.15, -0.1) is 0 Å². The maximum Gasteiger partial charge on any atom is 0.434 e. The van der Waals surface area contributed by atoms with Gasteiger partial charge in [0.25, 0.3) is 5.91 Å². The number of anilines is 1. The van der Waals surface area contributed by atoms with E-state index in [4.69, 9.17) is 4.42 Å². The van der Waals surface area contributed by atoms with Crippen LogP contribution in [0.3, 0.4) is 0 Å². The molecule has 0 N–H and O–H groups in total. The van der Waals surface area contributed by atoms with Gasteiger partial charge < -0.3 is 13.9 Å². The Morgan fingerprint density at radius 2 is 1.76 bits per heavy atom. The first kappa shape index (κ1) is 33.8. The SMILES string of the molecule is CCC(=O)c1c(-c2ccc(F)cc2)oc2cc(N(CCF)S(C)(=O)=O)c(-c3cccc(C(=O)N4CCn5cc(C(F)(F)F)nc5C4)c3)cc12. The Morgan fingerprint density at radius 1 is 1.02 bits per heavy atom. The Balaban J connectivity index is 1.49. The van der Waals surface area contributed by atoms with Crippen molar-refractivity contribution in [3.63, 3.8) is 0 Å². The molecule has 256 valence electrons. The van der Waals surface area contributed by atoms with Gasteiger partial charge in [-0.3, -0.25) is 13.9 Å². The summed E-state index contributed by atoms with van der Waals surface area (Å²) in [6.07, 6.45) is -2.72. The zero-order valence-electron chi connectivity index (χ0n) is 26.2. The number of aromatic nitrogens is 2. The van der Waals surface area contributed by atoms with Gasteiger partial charge in [-0.2, -0.15) is 13.2 Å². The van der Waals surface area contributed by atoms with Crippen LogP contribution in [0, 0.1) is 5.82 Å². The first-order chi connectivity index (χ1) is 23.2. The lowest BCUT2D eigenvalue weighted by Gasteiger charge is -2.28. The molecule has 0 bridgehead atoms. The van der Waals surface area contributed by atoms with Crippen LogP contribution in [-0.4, -0.2) is 60.6 Å². The summed E-state index contributed by atoms with van der Waals surface area (Å²) in [4.78, 5) is 32.0. The Labute approximate surface area is 277 Å². The summed E-state index contributed by atoms with van der Waals surface area (Å²) in [5.74, 6) is -1.09. The van der Waals surface area contributed by atoms with Crippen LogP contribution in [-0.2, 0) is 29.3 Å². The smallest absolute Gasteiger partial charge is 0.434 e. The van der Waals surface area contributed by atoms with Crippen LogP contribution in [0.5, 0.6) is 0 Å². The molecule has 1 aliphatic heterocycles. The van der Waals surface area contributed by atoms with Crippen LogP contribution in [0.25, 0.3) is 33.4 Å². The second-order valence-corrected chi connectivity index (χ2v) is 13.4. The molecule has 15 heteroatoms. The summed E-state index contributed by atoms with van der Waals surface area (Å²) < 4.78 is 102. The quantitative estimate of drug-likeness (QED) is 0.120. The highest BCUT2D eigenvalue weighted by molar-refractivity contribution is 7.92. The number of benzene rings is 3. The Bertz CT molecular complexity index is 2190. The number of hydrogen-bond donors (Lipinski definition) is 0. The van der Waals surface area contributed by atoms with Gasteiger partial charge in [0.15, 0.2) is 11.5 Å². The molecule has 0 aliphatic carbocycles. The molecule has 5 aromatic rings. The fraction of sp³-hybridized carbons (Fsp3) is 0.265. The summed E-state index contributed by atoms with van der Waals surface area (Å²) in [7, 11) is -4.06. The lowest BCUT2D eigenvalue weighted by molar-refractivity contribution is -0.141. The van der Waals surface area contributed by atoms with E-state index in [1.807, 2.05) is 0 Å².